The maximum Gasteiger partial charge on any atom is 0.224 e. The molecule has 0 saturated heterocycles. The van der Waals surface area contributed by atoms with Gasteiger partial charge in [-0.3, -0.25) is 4.79 Å². The second-order valence-electron chi connectivity index (χ2n) is 6.49. The van der Waals surface area contributed by atoms with Gasteiger partial charge in [0.05, 0.1) is 11.7 Å². The van der Waals surface area contributed by atoms with Gasteiger partial charge in [0.15, 0.2) is 0 Å². The summed E-state index contributed by atoms with van der Waals surface area (Å²) in [6, 6.07) is 0. The monoisotopic (exact) mass is 271 g/mol. The van der Waals surface area contributed by atoms with Crippen LogP contribution in [-0.4, -0.2) is 26.1 Å². The first-order valence-corrected chi connectivity index (χ1v) is 8.26. The van der Waals surface area contributed by atoms with E-state index in [-0.39, 0.29) is 5.91 Å². The summed E-state index contributed by atoms with van der Waals surface area (Å²) in [6.07, 6.45) is 7.34. The average Bonchev–Trinajstić information content (AvgIpc) is 2.10. The number of carbonyl (C=O) groups excluding carboxylic acids is 1. The molecule has 3 N–H and O–H groups in total. The highest BCUT2D eigenvalue weighted by atomic mass is 32.2. The highest BCUT2D eigenvalue weighted by molar-refractivity contribution is 7.88. The Balaban J connectivity index is 1.97. The topological polar surface area (TPSA) is 89.3 Å². The summed E-state index contributed by atoms with van der Waals surface area (Å²) in [6.45, 7) is 0. The lowest BCUT2D eigenvalue weighted by atomic mass is 9.47. The molecule has 0 aliphatic heterocycles. The third-order valence-electron chi connectivity index (χ3n) is 4.72. The molecule has 0 aromatic heterocycles. The van der Waals surface area contributed by atoms with Crippen LogP contribution in [0.1, 0.15) is 32.1 Å². The summed E-state index contributed by atoms with van der Waals surface area (Å²) in [5.74, 6) is 0.452. The Morgan fingerprint density at radius 3 is 2.67 bits per heavy atom. The van der Waals surface area contributed by atoms with E-state index in [1.165, 1.54) is 6.26 Å². The van der Waals surface area contributed by atoms with E-state index in [1.54, 1.807) is 0 Å². The van der Waals surface area contributed by atoms with Gasteiger partial charge in [-0.15, -0.1) is 0 Å². The van der Waals surface area contributed by atoms with E-state index < -0.39 is 21.0 Å². The fourth-order valence-electron chi connectivity index (χ4n) is 4.71. The van der Waals surface area contributed by atoms with Gasteiger partial charge >= 0.3 is 0 Å². The molecule has 4 saturated carbocycles. The van der Waals surface area contributed by atoms with Crippen LogP contribution in [0.3, 0.4) is 0 Å². The normalized spacial score (nSPS) is 46.3. The van der Waals surface area contributed by atoms with Gasteiger partial charge in [0, 0.05) is 5.54 Å². The predicted molar refractivity (Wildman–Crippen MR) is 66.7 cm³/mol. The lowest BCUT2D eigenvalue weighted by Gasteiger charge is -2.60. The minimum Gasteiger partial charge on any atom is -0.369 e. The molecule has 0 aromatic carbocycles. The number of nitrogens with one attached hydrogen (secondary N) is 1. The lowest BCUT2D eigenvalue weighted by Crippen LogP contribution is -2.65. The summed E-state index contributed by atoms with van der Waals surface area (Å²) in [4.78, 5) is 11.8. The van der Waals surface area contributed by atoms with Gasteiger partial charge in [-0.05, 0) is 50.4 Å². The number of sulfonamides is 1. The first-order valence-electron chi connectivity index (χ1n) is 6.37. The fraction of sp³-hybridized carbons (Fsp3) is 0.833. The average molecular weight is 271 g/mol. The highest BCUT2D eigenvalue weighted by Crippen LogP contribution is 2.61. The number of primary amides is 1. The SMILES string of the molecule is CS(=O)(=O)NC12CC3[CH]C(C(N)=O)(CC(C3)C1)C2. The fourth-order valence-corrected chi connectivity index (χ4v) is 5.74. The van der Waals surface area contributed by atoms with E-state index in [2.05, 4.69) is 11.1 Å². The van der Waals surface area contributed by atoms with E-state index in [0.29, 0.717) is 18.3 Å². The Kier molecular flexibility index (Phi) is 2.40. The highest BCUT2D eigenvalue weighted by Gasteiger charge is 2.60. The molecule has 1 amide bonds. The zero-order valence-electron chi connectivity index (χ0n) is 10.5. The summed E-state index contributed by atoms with van der Waals surface area (Å²) in [5.41, 5.74) is 4.54. The van der Waals surface area contributed by atoms with Crippen molar-refractivity contribution in [2.24, 2.45) is 23.0 Å². The standard InChI is InChI=1S/C12H19N2O3S/c1-18(16,17)14-12-5-8-2-9(6-12)4-11(3-8,7-12)10(13)15/h3,8-9,14H,2,4-7H2,1H3,(H2,13,15). The zero-order valence-corrected chi connectivity index (χ0v) is 11.3. The molecule has 4 aliphatic carbocycles. The smallest absolute Gasteiger partial charge is 0.224 e. The van der Waals surface area contributed by atoms with Crippen LogP contribution in [0.5, 0.6) is 0 Å². The number of nitrogens with two attached hydrogens (primary N) is 1. The second kappa shape index (κ2) is 3.48. The summed E-state index contributed by atoms with van der Waals surface area (Å²) in [7, 11) is -3.26. The minimum absolute atomic E-state index is 0.295. The third-order valence-corrected chi connectivity index (χ3v) is 5.53. The third kappa shape index (κ3) is 1.86. The Bertz CT molecular complexity index is 485. The maximum absolute atomic E-state index is 11.8. The molecule has 1 radical (unpaired) electrons. The number of hydrogen-bond donors (Lipinski definition) is 2. The molecule has 4 unspecified atom stereocenters. The molecule has 101 valence electrons. The Morgan fingerprint density at radius 2 is 2.11 bits per heavy atom. The molecule has 4 aliphatic rings. The molecule has 0 spiro atoms. The first-order chi connectivity index (χ1) is 8.22. The summed E-state index contributed by atoms with van der Waals surface area (Å²) in [5, 5.41) is 0. The molecule has 0 heterocycles. The summed E-state index contributed by atoms with van der Waals surface area (Å²) < 4.78 is 25.9. The predicted octanol–water partition coefficient (Wildman–Crippen LogP) is 0.174. The van der Waals surface area contributed by atoms with Gasteiger partial charge < -0.3 is 5.73 Å². The van der Waals surface area contributed by atoms with E-state index >= 15 is 0 Å². The number of rotatable bonds is 3. The van der Waals surface area contributed by atoms with Crippen LogP contribution in [0.15, 0.2) is 0 Å². The first kappa shape index (κ1) is 12.4. The maximum atomic E-state index is 11.8. The van der Waals surface area contributed by atoms with Crippen LogP contribution >= 0.6 is 0 Å². The van der Waals surface area contributed by atoms with Crippen molar-refractivity contribution in [3.63, 3.8) is 0 Å². The van der Waals surface area contributed by atoms with Crippen LogP contribution in [0.2, 0.25) is 0 Å². The molecule has 0 aromatic rings. The molecule has 5 nitrogen and oxygen atoms in total. The van der Waals surface area contributed by atoms with Crippen LogP contribution in [-0.2, 0) is 14.8 Å². The van der Waals surface area contributed by atoms with Crippen LogP contribution in [0.25, 0.3) is 0 Å². The van der Waals surface area contributed by atoms with Crippen molar-refractivity contribution in [2.45, 2.75) is 37.6 Å². The number of hydrogen-bond acceptors (Lipinski definition) is 3. The van der Waals surface area contributed by atoms with Crippen molar-refractivity contribution in [1.82, 2.24) is 4.72 Å². The van der Waals surface area contributed by atoms with Gasteiger partial charge in [0.25, 0.3) is 0 Å². The molecule has 4 fully saturated rings. The van der Waals surface area contributed by atoms with Gasteiger partial charge in [-0.2, -0.15) is 0 Å². The Morgan fingerprint density at radius 1 is 1.39 bits per heavy atom. The van der Waals surface area contributed by atoms with E-state index in [9.17, 15) is 13.2 Å². The molecule has 6 heteroatoms. The minimum atomic E-state index is -3.26. The molecular weight excluding hydrogens is 252 g/mol. The van der Waals surface area contributed by atoms with Crippen molar-refractivity contribution in [3.05, 3.63) is 6.42 Å². The Hall–Kier alpha value is -0.620. The van der Waals surface area contributed by atoms with Gasteiger partial charge in [-0.25, -0.2) is 13.1 Å². The second-order valence-corrected chi connectivity index (χ2v) is 8.24. The van der Waals surface area contributed by atoms with Crippen molar-refractivity contribution in [3.8, 4) is 0 Å². The van der Waals surface area contributed by atoms with Crippen LogP contribution in [0.4, 0.5) is 0 Å². The van der Waals surface area contributed by atoms with Crippen molar-refractivity contribution in [1.29, 1.82) is 0 Å². The largest absolute Gasteiger partial charge is 0.369 e. The van der Waals surface area contributed by atoms with Gasteiger partial charge in [0.2, 0.25) is 15.9 Å². The number of carbonyl (C=O) groups is 1. The molecule has 4 rings (SSSR count). The van der Waals surface area contributed by atoms with Crippen molar-refractivity contribution < 1.29 is 13.2 Å². The quantitative estimate of drug-likeness (QED) is 0.767. The number of amides is 1. The van der Waals surface area contributed by atoms with Crippen LogP contribution in [0, 0.1) is 23.7 Å². The molecule has 4 bridgehead atoms. The van der Waals surface area contributed by atoms with E-state index in [0.717, 1.165) is 25.7 Å². The zero-order chi connectivity index (χ0) is 13.2. The Labute approximate surface area is 108 Å². The van der Waals surface area contributed by atoms with Crippen molar-refractivity contribution in [2.75, 3.05) is 6.26 Å². The molecular formula is C12H19N2O3S. The van der Waals surface area contributed by atoms with E-state index in [4.69, 9.17) is 5.73 Å². The lowest BCUT2D eigenvalue weighted by molar-refractivity contribution is -0.137. The summed E-state index contributed by atoms with van der Waals surface area (Å²) >= 11 is 0. The van der Waals surface area contributed by atoms with Gasteiger partial charge in [0.1, 0.15) is 0 Å². The molecule has 18 heavy (non-hydrogen) atoms. The van der Waals surface area contributed by atoms with Crippen LogP contribution < -0.4 is 10.5 Å². The van der Waals surface area contributed by atoms with Gasteiger partial charge in [-0.1, -0.05) is 0 Å². The molecule has 4 atom stereocenters. The van der Waals surface area contributed by atoms with Crippen molar-refractivity contribution >= 4 is 15.9 Å². The van der Waals surface area contributed by atoms with E-state index in [1.807, 2.05) is 0 Å².